The first-order valence-corrected chi connectivity index (χ1v) is 7.15. The van der Waals surface area contributed by atoms with E-state index in [9.17, 15) is 4.79 Å². The predicted molar refractivity (Wildman–Crippen MR) is 87.6 cm³/mol. The smallest absolute Gasteiger partial charge is 0.277 e. The normalized spacial score (nSPS) is 10.3. The predicted octanol–water partition coefficient (Wildman–Crippen LogP) is 3.91. The zero-order valence-corrected chi connectivity index (χ0v) is 12.9. The lowest BCUT2D eigenvalue weighted by Crippen LogP contribution is -2.12. The van der Waals surface area contributed by atoms with Crippen LogP contribution in [0.4, 0.5) is 5.69 Å². The Hall–Kier alpha value is -3.08. The maximum atomic E-state index is 12.3. The maximum Gasteiger partial charge on any atom is 0.277 e. The quantitative estimate of drug-likeness (QED) is 0.793. The van der Waals surface area contributed by atoms with Gasteiger partial charge in [0.1, 0.15) is 5.75 Å². The molecule has 1 heterocycles. The Morgan fingerprint density at radius 2 is 1.87 bits per heavy atom. The number of amides is 1. The first-order valence-electron chi connectivity index (χ1n) is 7.15. The average Bonchev–Trinajstić information content (AvgIpc) is 3.07. The first kappa shape index (κ1) is 14.8. The highest BCUT2D eigenvalue weighted by molar-refractivity contribution is 6.03. The highest BCUT2D eigenvalue weighted by atomic mass is 16.5. The Bertz CT molecular complexity index is 822. The lowest BCUT2D eigenvalue weighted by molar-refractivity contribution is 0.101. The third-order valence-electron chi connectivity index (χ3n) is 3.51. The average molecular weight is 308 g/mol. The number of hydrogen-bond donors (Lipinski definition) is 1. The van der Waals surface area contributed by atoms with Gasteiger partial charge >= 0.3 is 0 Å². The SMILES string of the molecule is COc1ccc(-c2cc(C(=O)Nc3ccccc3C)no2)cc1. The van der Waals surface area contributed by atoms with Crippen molar-refractivity contribution in [2.75, 3.05) is 12.4 Å². The summed E-state index contributed by atoms with van der Waals surface area (Å²) in [6, 6.07) is 16.5. The van der Waals surface area contributed by atoms with E-state index in [0.717, 1.165) is 22.6 Å². The summed E-state index contributed by atoms with van der Waals surface area (Å²) < 4.78 is 10.4. The van der Waals surface area contributed by atoms with E-state index in [-0.39, 0.29) is 11.6 Å². The molecule has 0 aliphatic carbocycles. The second-order valence-electron chi connectivity index (χ2n) is 5.07. The van der Waals surface area contributed by atoms with E-state index >= 15 is 0 Å². The number of hydrogen-bond acceptors (Lipinski definition) is 4. The zero-order valence-electron chi connectivity index (χ0n) is 12.9. The standard InChI is InChI=1S/C18H16N2O3/c1-12-5-3-4-6-15(12)19-18(21)16-11-17(23-20-16)13-7-9-14(22-2)10-8-13/h3-11H,1-2H3,(H,19,21). The van der Waals surface area contributed by atoms with Crippen LogP contribution in [0.25, 0.3) is 11.3 Å². The van der Waals surface area contributed by atoms with Crippen LogP contribution in [0.15, 0.2) is 59.1 Å². The third-order valence-corrected chi connectivity index (χ3v) is 3.51. The van der Waals surface area contributed by atoms with Gasteiger partial charge < -0.3 is 14.6 Å². The zero-order chi connectivity index (χ0) is 16.2. The Morgan fingerprint density at radius 1 is 1.13 bits per heavy atom. The molecule has 0 spiro atoms. The number of methoxy groups -OCH3 is 1. The molecule has 3 rings (SSSR count). The van der Waals surface area contributed by atoms with Gasteiger partial charge in [0, 0.05) is 17.3 Å². The van der Waals surface area contributed by atoms with Crippen LogP contribution >= 0.6 is 0 Å². The summed E-state index contributed by atoms with van der Waals surface area (Å²) in [5.74, 6) is 0.983. The van der Waals surface area contributed by atoms with Gasteiger partial charge in [-0.2, -0.15) is 0 Å². The first-order chi connectivity index (χ1) is 11.2. The largest absolute Gasteiger partial charge is 0.497 e. The number of nitrogens with one attached hydrogen (secondary N) is 1. The molecule has 0 saturated carbocycles. The van der Waals surface area contributed by atoms with E-state index in [1.807, 2.05) is 55.5 Å². The minimum Gasteiger partial charge on any atom is -0.497 e. The van der Waals surface area contributed by atoms with E-state index in [4.69, 9.17) is 9.26 Å². The van der Waals surface area contributed by atoms with Crippen molar-refractivity contribution in [2.24, 2.45) is 0 Å². The number of nitrogens with zero attached hydrogens (tertiary/aromatic N) is 1. The summed E-state index contributed by atoms with van der Waals surface area (Å²) in [6.07, 6.45) is 0. The van der Waals surface area contributed by atoms with Crippen LogP contribution in [0.1, 0.15) is 16.1 Å². The molecule has 5 nitrogen and oxygen atoms in total. The van der Waals surface area contributed by atoms with Gasteiger partial charge in [-0.3, -0.25) is 4.79 Å². The number of rotatable bonds is 4. The topological polar surface area (TPSA) is 64.4 Å². The molecule has 0 bridgehead atoms. The Morgan fingerprint density at radius 3 is 2.57 bits per heavy atom. The minimum atomic E-state index is -0.303. The number of carbonyl (C=O) groups excluding carboxylic acids is 1. The molecular weight excluding hydrogens is 292 g/mol. The minimum absolute atomic E-state index is 0.235. The van der Waals surface area contributed by atoms with E-state index in [2.05, 4.69) is 10.5 Å². The number of aryl methyl sites for hydroxylation is 1. The second kappa shape index (κ2) is 6.36. The summed E-state index contributed by atoms with van der Waals surface area (Å²) >= 11 is 0. The van der Waals surface area contributed by atoms with Crippen LogP contribution in [0.5, 0.6) is 5.75 Å². The highest BCUT2D eigenvalue weighted by Crippen LogP contribution is 2.23. The van der Waals surface area contributed by atoms with Gasteiger partial charge in [0.15, 0.2) is 11.5 Å². The molecular formula is C18H16N2O3. The number of benzene rings is 2. The van der Waals surface area contributed by atoms with E-state index in [0.29, 0.717) is 5.76 Å². The molecule has 0 aliphatic heterocycles. The van der Waals surface area contributed by atoms with Crippen molar-refractivity contribution in [3.8, 4) is 17.1 Å². The van der Waals surface area contributed by atoms with Crippen molar-refractivity contribution in [1.29, 1.82) is 0 Å². The third kappa shape index (κ3) is 3.23. The second-order valence-corrected chi connectivity index (χ2v) is 5.07. The molecule has 116 valence electrons. The van der Waals surface area contributed by atoms with E-state index in [1.54, 1.807) is 13.2 Å². The number of ether oxygens (including phenoxy) is 1. The van der Waals surface area contributed by atoms with Crippen molar-refractivity contribution < 1.29 is 14.1 Å². The molecule has 0 radical (unpaired) electrons. The van der Waals surface area contributed by atoms with Gasteiger partial charge in [-0.25, -0.2) is 0 Å². The molecule has 3 aromatic rings. The number of aromatic nitrogens is 1. The summed E-state index contributed by atoms with van der Waals surface area (Å²) in [5, 5.41) is 6.67. The fourth-order valence-electron chi connectivity index (χ4n) is 2.17. The number of anilines is 1. The van der Waals surface area contributed by atoms with E-state index < -0.39 is 0 Å². The molecule has 1 aromatic heterocycles. The van der Waals surface area contributed by atoms with Crippen LogP contribution in [0.2, 0.25) is 0 Å². The lowest BCUT2D eigenvalue weighted by Gasteiger charge is -2.05. The lowest BCUT2D eigenvalue weighted by atomic mass is 10.1. The Kier molecular flexibility index (Phi) is 4.10. The van der Waals surface area contributed by atoms with Gasteiger partial charge in [-0.15, -0.1) is 0 Å². The molecule has 0 aliphatic rings. The molecule has 0 unspecified atom stereocenters. The molecule has 2 aromatic carbocycles. The highest BCUT2D eigenvalue weighted by Gasteiger charge is 2.14. The molecule has 0 fully saturated rings. The van der Waals surface area contributed by atoms with Crippen LogP contribution in [0.3, 0.4) is 0 Å². The molecule has 5 heteroatoms. The van der Waals surface area contributed by atoms with Crippen molar-refractivity contribution >= 4 is 11.6 Å². The van der Waals surface area contributed by atoms with Crippen LogP contribution < -0.4 is 10.1 Å². The van der Waals surface area contributed by atoms with Crippen LogP contribution in [0, 0.1) is 6.92 Å². The summed E-state index contributed by atoms with van der Waals surface area (Å²) in [4.78, 5) is 12.3. The number of para-hydroxylation sites is 1. The van der Waals surface area contributed by atoms with Gasteiger partial charge in [0.2, 0.25) is 0 Å². The van der Waals surface area contributed by atoms with Crippen molar-refractivity contribution in [2.45, 2.75) is 6.92 Å². The molecule has 1 amide bonds. The fraction of sp³-hybridized carbons (Fsp3) is 0.111. The number of carbonyl (C=O) groups is 1. The Labute approximate surface area is 133 Å². The molecule has 0 atom stereocenters. The molecule has 0 saturated heterocycles. The molecule has 23 heavy (non-hydrogen) atoms. The summed E-state index contributed by atoms with van der Waals surface area (Å²) in [5.41, 5.74) is 2.80. The van der Waals surface area contributed by atoms with Crippen molar-refractivity contribution in [3.63, 3.8) is 0 Å². The van der Waals surface area contributed by atoms with Gasteiger partial charge in [-0.05, 0) is 42.8 Å². The van der Waals surface area contributed by atoms with Crippen LogP contribution in [-0.4, -0.2) is 18.2 Å². The van der Waals surface area contributed by atoms with E-state index in [1.165, 1.54) is 0 Å². The van der Waals surface area contributed by atoms with Crippen molar-refractivity contribution in [1.82, 2.24) is 5.16 Å². The fourth-order valence-corrected chi connectivity index (χ4v) is 2.17. The van der Waals surface area contributed by atoms with Gasteiger partial charge in [0.25, 0.3) is 5.91 Å². The summed E-state index contributed by atoms with van der Waals surface area (Å²) in [6.45, 7) is 1.93. The maximum absolute atomic E-state index is 12.3. The summed E-state index contributed by atoms with van der Waals surface area (Å²) in [7, 11) is 1.61. The Balaban J connectivity index is 1.78. The van der Waals surface area contributed by atoms with Crippen molar-refractivity contribution in [3.05, 3.63) is 65.9 Å². The molecule has 1 N–H and O–H groups in total. The van der Waals surface area contributed by atoms with Gasteiger partial charge in [-0.1, -0.05) is 23.4 Å². The monoisotopic (exact) mass is 308 g/mol. The van der Waals surface area contributed by atoms with Gasteiger partial charge in [0.05, 0.1) is 7.11 Å². The van der Waals surface area contributed by atoms with Crippen LogP contribution in [-0.2, 0) is 0 Å².